The maximum Gasteiger partial charge on any atom is 0.340 e. The largest absolute Gasteiger partial charge is 0.465 e. The lowest BCUT2D eigenvalue weighted by atomic mass is 10.1. The van der Waals surface area contributed by atoms with Crippen LogP contribution in [0.25, 0.3) is 0 Å². The molecule has 0 aliphatic rings. The number of halogens is 2. The number of nitrogens with one attached hydrogen (secondary N) is 1. The first kappa shape index (κ1) is 16.0. The van der Waals surface area contributed by atoms with Gasteiger partial charge in [0.15, 0.2) is 0 Å². The van der Waals surface area contributed by atoms with Gasteiger partial charge in [-0.05, 0) is 19.4 Å². The summed E-state index contributed by atoms with van der Waals surface area (Å²) in [4.78, 5) is 22.8. The highest BCUT2D eigenvalue weighted by Crippen LogP contribution is 2.20. The van der Waals surface area contributed by atoms with Crippen LogP contribution in [-0.2, 0) is 9.53 Å². The second-order valence-corrected chi connectivity index (χ2v) is 4.37. The highest BCUT2D eigenvalue weighted by molar-refractivity contribution is 5.94. The Morgan fingerprint density at radius 1 is 1.35 bits per heavy atom. The fraction of sp³-hybridized carbons (Fsp3) is 0.385. The summed E-state index contributed by atoms with van der Waals surface area (Å²) in [5.74, 6) is -3.44. The van der Waals surface area contributed by atoms with Crippen LogP contribution in [-0.4, -0.2) is 25.0 Å². The van der Waals surface area contributed by atoms with Crippen molar-refractivity contribution in [1.29, 1.82) is 0 Å². The highest BCUT2D eigenvalue weighted by Gasteiger charge is 2.17. The van der Waals surface area contributed by atoms with Crippen molar-refractivity contribution in [3.63, 3.8) is 0 Å². The van der Waals surface area contributed by atoms with Gasteiger partial charge >= 0.3 is 5.97 Å². The molecule has 0 aliphatic carbocycles. The first-order chi connectivity index (χ1) is 9.35. The van der Waals surface area contributed by atoms with Gasteiger partial charge in [0.05, 0.1) is 18.4 Å². The molecule has 7 heteroatoms. The van der Waals surface area contributed by atoms with Crippen LogP contribution in [0.4, 0.5) is 14.5 Å². The SMILES string of the molecule is COC(=O)c1cc(NC(=O)CCC(C)N)c(F)cc1F. The summed E-state index contributed by atoms with van der Waals surface area (Å²) in [7, 11) is 1.08. The Hall–Kier alpha value is -2.02. The van der Waals surface area contributed by atoms with E-state index in [4.69, 9.17) is 5.73 Å². The number of amides is 1. The maximum atomic E-state index is 13.5. The number of carbonyl (C=O) groups excluding carboxylic acids is 2. The van der Waals surface area contributed by atoms with Crippen molar-refractivity contribution < 1.29 is 23.1 Å². The zero-order valence-corrected chi connectivity index (χ0v) is 11.2. The minimum atomic E-state index is -1.05. The van der Waals surface area contributed by atoms with E-state index in [0.29, 0.717) is 12.5 Å². The molecule has 1 aromatic carbocycles. The number of nitrogens with two attached hydrogens (primary N) is 1. The molecule has 0 aliphatic heterocycles. The Labute approximate surface area is 115 Å². The van der Waals surface area contributed by atoms with E-state index in [1.54, 1.807) is 6.92 Å². The second kappa shape index (κ2) is 6.95. The van der Waals surface area contributed by atoms with Crippen molar-refractivity contribution in [1.82, 2.24) is 0 Å². The predicted octanol–water partition coefficient (Wildman–Crippen LogP) is 1.82. The van der Waals surface area contributed by atoms with Gasteiger partial charge in [0.1, 0.15) is 11.6 Å². The minimum Gasteiger partial charge on any atom is -0.465 e. The van der Waals surface area contributed by atoms with Crippen molar-refractivity contribution in [2.75, 3.05) is 12.4 Å². The average Bonchev–Trinajstić information content (AvgIpc) is 2.38. The third kappa shape index (κ3) is 4.27. The number of hydrogen-bond donors (Lipinski definition) is 2. The van der Waals surface area contributed by atoms with E-state index in [-0.39, 0.29) is 18.2 Å². The summed E-state index contributed by atoms with van der Waals surface area (Å²) in [6.07, 6.45) is 0.528. The number of benzene rings is 1. The van der Waals surface area contributed by atoms with Gasteiger partial charge in [-0.1, -0.05) is 0 Å². The molecule has 3 N–H and O–H groups in total. The number of carbonyl (C=O) groups is 2. The summed E-state index contributed by atoms with van der Waals surface area (Å²) in [6.45, 7) is 1.74. The van der Waals surface area contributed by atoms with Gasteiger partial charge in [-0.2, -0.15) is 0 Å². The van der Waals surface area contributed by atoms with E-state index in [0.717, 1.165) is 13.2 Å². The number of esters is 1. The lowest BCUT2D eigenvalue weighted by molar-refractivity contribution is -0.116. The predicted molar refractivity (Wildman–Crippen MR) is 69.2 cm³/mol. The smallest absolute Gasteiger partial charge is 0.340 e. The Morgan fingerprint density at radius 2 is 2.00 bits per heavy atom. The van der Waals surface area contributed by atoms with Crippen LogP contribution in [0.3, 0.4) is 0 Å². The van der Waals surface area contributed by atoms with Crippen LogP contribution in [0.15, 0.2) is 12.1 Å². The average molecular weight is 286 g/mol. The fourth-order valence-electron chi connectivity index (χ4n) is 1.48. The maximum absolute atomic E-state index is 13.5. The van der Waals surface area contributed by atoms with Crippen molar-refractivity contribution in [2.24, 2.45) is 5.73 Å². The lowest BCUT2D eigenvalue weighted by Gasteiger charge is -2.10. The third-order valence-corrected chi connectivity index (χ3v) is 2.56. The fourth-order valence-corrected chi connectivity index (χ4v) is 1.48. The third-order valence-electron chi connectivity index (χ3n) is 2.56. The molecule has 0 saturated carbocycles. The van der Waals surface area contributed by atoms with Gasteiger partial charge < -0.3 is 15.8 Å². The number of hydrogen-bond acceptors (Lipinski definition) is 4. The molecule has 20 heavy (non-hydrogen) atoms. The van der Waals surface area contributed by atoms with Crippen LogP contribution < -0.4 is 11.1 Å². The normalized spacial score (nSPS) is 11.8. The van der Waals surface area contributed by atoms with E-state index >= 15 is 0 Å². The Balaban J connectivity index is 2.89. The van der Waals surface area contributed by atoms with Crippen LogP contribution in [0, 0.1) is 11.6 Å². The highest BCUT2D eigenvalue weighted by atomic mass is 19.1. The van der Waals surface area contributed by atoms with Crippen LogP contribution in [0.1, 0.15) is 30.1 Å². The number of rotatable bonds is 5. The molecule has 0 heterocycles. The molecule has 1 rings (SSSR count). The molecule has 1 aromatic rings. The topological polar surface area (TPSA) is 81.4 Å². The number of ether oxygens (including phenoxy) is 1. The van der Waals surface area contributed by atoms with Crippen molar-refractivity contribution in [3.05, 3.63) is 29.3 Å². The van der Waals surface area contributed by atoms with E-state index in [2.05, 4.69) is 10.1 Å². The van der Waals surface area contributed by atoms with Crippen LogP contribution in [0.2, 0.25) is 0 Å². The molecule has 0 fully saturated rings. The van der Waals surface area contributed by atoms with Gasteiger partial charge in [-0.15, -0.1) is 0 Å². The zero-order chi connectivity index (χ0) is 15.3. The van der Waals surface area contributed by atoms with E-state index < -0.39 is 29.1 Å². The number of methoxy groups -OCH3 is 1. The van der Waals surface area contributed by atoms with E-state index in [9.17, 15) is 18.4 Å². The van der Waals surface area contributed by atoms with Gasteiger partial charge in [0.25, 0.3) is 0 Å². The first-order valence-corrected chi connectivity index (χ1v) is 5.98. The zero-order valence-electron chi connectivity index (χ0n) is 11.2. The Bertz CT molecular complexity index is 519. The summed E-state index contributed by atoms with van der Waals surface area (Å²) >= 11 is 0. The first-order valence-electron chi connectivity index (χ1n) is 5.98. The van der Waals surface area contributed by atoms with E-state index in [1.165, 1.54) is 0 Å². The van der Waals surface area contributed by atoms with Gasteiger partial charge in [-0.25, -0.2) is 13.6 Å². The van der Waals surface area contributed by atoms with Gasteiger partial charge in [0, 0.05) is 18.5 Å². The molecule has 110 valence electrons. The van der Waals surface area contributed by atoms with Crippen molar-refractivity contribution in [3.8, 4) is 0 Å². The Morgan fingerprint density at radius 3 is 2.55 bits per heavy atom. The summed E-state index contributed by atoms with van der Waals surface area (Å²) in [5.41, 5.74) is 4.78. The number of anilines is 1. The Kier molecular flexibility index (Phi) is 5.57. The van der Waals surface area contributed by atoms with Gasteiger partial charge in [0.2, 0.25) is 5.91 Å². The molecular formula is C13H16F2N2O3. The van der Waals surface area contributed by atoms with Crippen molar-refractivity contribution >= 4 is 17.6 Å². The van der Waals surface area contributed by atoms with Crippen LogP contribution in [0.5, 0.6) is 0 Å². The summed E-state index contributed by atoms with van der Waals surface area (Å²) in [5, 5.41) is 2.27. The summed E-state index contributed by atoms with van der Waals surface area (Å²) < 4.78 is 31.3. The molecule has 1 unspecified atom stereocenters. The second-order valence-electron chi connectivity index (χ2n) is 4.37. The molecule has 0 aromatic heterocycles. The van der Waals surface area contributed by atoms with Crippen molar-refractivity contribution in [2.45, 2.75) is 25.8 Å². The molecule has 1 amide bonds. The molecule has 1 atom stereocenters. The standard InChI is InChI=1S/C13H16F2N2O3/c1-7(16)3-4-12(18)17-11-5-8(13(19)20-2)9(14)6-10(11)15/h5-7H,3-4,16H2,1-2H3,(H,17,18). The summed E-state index contributed by atoms with van der Waals surface area (Å²) in [6, 6.07) is 1.26. The molecule has 5 nitrogen and oxygen atoms in total. The molecule has 0 spiro atoms. The van der Waals surface area contributed by atoms with E-state index in [1.807, 2.05) is 0 Å². The molecule has 0 radical (unpaired) electrons. The monoisotopic (exact) mass is 286 g/mol. The van der Waals surface area contributed by atoms with Crippen LogP contribution >= 0.6 is 0 Å². The minimum absolute atomic E-state index is 0.0992. The quantitative estimate of drug-likeness (QED) is 0.809. The lowest BCUT2D eigenvalue weighted by Crippen LogP contribution is -2.20. The molecule has 0 bridgehead atoms. The molecular weight excluding hydrogens is 270 g/mol. The van der Waals surface area contributed by atoms with Gasteiger partial charge in [-0.3, -0.25) is 4.79 Å². The molecule has 0 saturated heterocycles.